The molecule has 0 atom stereocenters. The number of fused-ring (bicyclic) bond motifs is 1. The van der Waals surface area contributed by atoms with Crippen molar-refractivity contribution in [2.45, 2.75) is 17.7 Å². The number of rotatable bonds is 4. The van der Waals surface area contributed by atoms with Crippen molar-refractivity contribution >= 4 is 26.5 Å². The lowest BCUT2D eigenvalue weighted by Crippen LogP contribution is -2.25. The van der Waals surface area contributed by atoms with Gasteiger partial charge in [0.15, 0.2) is 0 Å². The van der Waals surface area contributed by atoms with Gasteiger partial charge >= 0.3 is 6.36 Å². The molecule has 0 radical (unpaired) electrons. The molecule has 1 aliphatic heterocycles. The number of hydrogen-bond acceptors (Lipinski definition) is 4. The van der Waals surface area contributed by atoms with Crippen LogP contribution in [0.5, 0.6) is 5.88 Å². The summed E-state index contributed by atoms with van der Waals surface area (Å²) < 4.78 is 85.1. The highest BCUT2D eigenvalue weighted by atomic mass is 32.2. The van der Waals surface area contributed by atoms with Crippen LogP contribution < -0.4 is 4.74 Å². The summed E-state index contributed by atoms with van der Waals surface area (Å²) in [6, 6.07) is 10.0. The Labute approximate surface area is 176 Å². The second-order valence-electron chi connectivity index (χ2n) is 7.21. The van der Waals surface area contributed by atoms with Crippen molar-refractivity contribution in [3.63, 3.8) is 0 Å². The Morgan fingerprint density at radius 2 is 1.71 bits per heavy atom. The van der Waals surface area contributed by atoms with Gasteiger partial charge in [0, 0.05) is 24.0 Å². The lowest BCUT2D eigenvalue weighted by molar-refractivity contribution is -0.276. The Morgan fingerprint density at radius 3 is 2.32 bits per heavy atom. The summed E-state index contributed by atoms with van der Waals surface area (Å²) in [5.41, 5.74) is 0.703. The average Bonchev–Trinajstić information content (AvgIpc) is 3.01. The SMILES string of the molecule is CN1CC=C(c2c(OC(F)(F)F)n(S(=O)(=O)c3ccc(F)cc3)c3ccccc23)CC1. The lowest BCUT2D eigenvalue weighted by atomic mass is 9.98. The molecule has 0 N–H and O–H groups in total. The van der Waals surface area contributed by atoms with Gasteiger partial charge in [0.25, 0.3) is 10.0 Å². The number of para-hydroxylation sites is 1. The number of ether oxygens (including phenoxy) is 1. The van der Waals surface area contributed by atoms with Gasteiger partial charge in [-0.1, -0.05) is 24.3 Å². The standard InChI is InChI=1S/C21H18F4N2O3S/c1-26-12-10-14(11-13-26)19-17-4-2-3-5-18(17)27(20(19)30-21(23,24)25)31(28,29)16-8-6-15(22)7-9-16/h2-10H,11-13H2,1H3. The van der Waals surface area contributed by atoms with Crippen molar-refractivity contribution in [2.24, 2.45) is 0 Å². The van der Waals surface area contributed by atoms with E-state index >= 15 is 0 Å². The second-order valence-corrected chi connectivity index (χ2v) is 9.00. The van der Waals surface area contributed by atoms with Gasteiger partial charge in [-0.2, -0.15) is 0 Å². The van der Waals surface area contributed by atoms with Crippen LogP contribution in [-0.2, 0) is 10.0 Å². The number of aromatic nitrogens is 1. The van der Waals surface area contributed by atoms with Crippen molar-refractivity contribution in [1.82, 2.24) is 8.87 Å². The second kappa shape index (κ2) is 7.69. The molecule has 1 aromatic heterocycles. The predicted molar refractivity (Wildman–Crippen MR) is 108 cm³/mol. The molecule has 0 aliphatic carbocycles. The summed E-state index contributed by atoms with van der Waals surface area (Å²) in [6.07, 6.45) is -2.93. The normalized spacial score (nSPS) is 15.8. The minimum atomic E-state index is -5.12. The van der Waals surface area contributed by atoms with Crippen LogP contribution in [0.2, 0.25) is 0 Å². The first-order valence-corrected chi connectivity index (χ1v) is 10.8. The van der Waals surface area contributed by atoms with Crippen LogP contribution in [0, 0.1) is 5.82 Å². The molecule has 0 spiro atoms. The number of nitrogens with zero attached hydrogens (tertiary/aromatic N) is 2. The van der Waals surface area contributed by atoms with E-state index < -0.39 is 28.1 Å². The zero-order chi connectivity index (χ0) is 22.4. The Morgan fingerprint density at radius 1 is 1.03 bits per heavy atom. The molecule has 31 heavy (non-hydrogen) atoms. The Kier molecular flexibility index (Phi) is 5.30. The first kappa shape index (κ1) is 21.4. The van der Waals surface area contributed by atoms with Crippen molar-refractivity contribution in [3.8, 4) is 5.88 Å². The Hall–Kier alpha value is -2.85. The first-order chi connectivity index (χ1) is 14.6. The van der Waals surface area contributed by atoms with Crippen molar-refractivity contribution in [1.29, 1.82) is 0 Å². The molecule has 3 aromatic rings. The van der Waals surface area contributed by atoms with Crippen molar-refractivity contribution in [2.75, 3.05) is 20.1 Å². The first-order valence-electron chi connectivity index (χ1n) is 9.36. The molecule has 0 saturated carbocycles. The fourth-order valence-corrected chi connectivity index (χ4v) is 5.10. The largest absolute Gasteiger partial charge is 0.574 e. The highest BCUT2D eigenvalue weighted by Gasteiger charge is 2.38. The number of likely N-dealkylation sites (N-methyl/N-ethyl adjacent to an activating group) is 1. The zero-order valence-corrected chi connectivity index (χ0v) is 17.2. The van der Waals surface area contributed by atoms with E-state index in [4.69, 9.17) is 0 Å². The third kappa shape index (κ3) is 4.05. The Balaban J connectivity index is 2.05. The van der Waals surface area contributed by atoms with Crippen LogP contribution in [0.25, 0.3) is 16.5 Å². The van der Waals surface area contributed by atoms with E-state index in [9.17, 15) is 26.0 Å². The van der Waals surface area contributed by atoms with Gasteiger partial charge in [0.1, 0.15) is 5.82 Å². The van der Waals surface area contributed by atoms with Crippen molar-refractivity contribution in [3.05, 3.63) is 66.0 Å². The molecule has 4 rings (SSSR count). The molecule has 5 nitrogen and oxygen atoms in total. The summed E-state index contributed by atoms with van der Waals surface area (Å²) in [6.45, 7) is 1.10. The molecule has 1 aliphatic rings. The Bertz CT molecular complexity index is 1260. The molecule has 0 bridgehead atoms. The molecule has 0 fully saturated rings. The fourth-order valence-electron chi connectivity index (χ4n) is 3.65. The molecular formula is C21H18F4N2O3S. The molecule has 2 aromatic carbocycles. The van der Waals surface area contributed by atoms with Gasteiger partial charge in [-0.3, -0.25) is 0 Å². The summed E-state index contributed by atoms with van der Waals surface area (Å²) in [7, 11) is -2.65. The monoisotopic (exact) mass is 454 g/mol. The third-order valence-electron chi connectivity index (χ3n) is 5.09. The van der Waals surface area contributed by atoms with E-state index in [-0.39, 0.29) is 16.0 Å². The maximum absolute atomic E-state index is 13.4. The third-order valence-corrected chi connectivity index (χ3v) is 6.80. The molecule has 10 heteroatoms. The van der Waals surface area contributed by atoms with E-state index in [0.717, 1.165) is 24.3 Å². The zero-order valence-electron chi connectivity index (χ0n) is 16.4. The van der Waals surface area contributed by atoms with Crippen LogP contribution in [-0.4, -0.2) is 43.8 Å². The van der Waals surface area contributed by atoms with Gasteiger partial charge in [-0.25, -0.2) is 16.8 Å². The van der Waals surface area contributed by atoms with Crippen LogP contribution in [0.3, 0.4) is 0 Å². The summed E-state index contributed by atoms with van der Waals surface area (Å²) in [5, 5.41) is 0.322. The maximum Gasteiger partial charge on any atom is 0.574 e. The molecule has 2 heterocycles. The van der Waals surface area contributed by atoms with Gasteiger partial charge in [0.2, 0.25) is 5.88 Å². The quantitative estimate of drug-likeness (QED) is 0.540. The molecule has 164 valence electrons. The van der Waals surface area contributed by atoms with E-state index in [1.54, 1.807) is 18.2 Å². The van der Waals surface area contributed by atoms with Gasteiger partial charge in [-0.15, -0.1) is 13.2 Å². The van der Waals surface area contributed by atoms with E-state index in [1.807, 2.05) is 11.9 Å². The molecule has 0 saturated heterocycles. The summed E-state index contributed by atoms with van der Waals surface area (Å²) in [5.74, 6) is -1.49. The fraction of sp³-hybridized carbons (Fsp3) is 0.238. The van der Waals surface area contributed by atoms with Crippen LogP contribution in [0.4, 0.5) is 17.6 Å². The van der Waals surface area contributed by atoms with Gasteiger partial charge < -0.3 is 9.64 Å². The number of hydrogen-bond donors (Lipinski definition) is 0. The topological polar surface area (TPSA) is 51.5 Å². The number of benzene rings is 2. The van der Waals surface area contributed by atoms with Crippen LogP contribution in [0.15, 0.2) is 59.5 Å². The average molecular weight is 454 g/mol. The summed E-state index contributed by atoms with van der Waals surface area (Å²) >= 11 is 0. The van der Waals surface area contributed by atoms with E-state index in [0.29, 0.717) is 34.4 Å². The number of halogens is 4. The molecular weight excluding hydrogens is 436 g/mol. The van der Waals surface area contributed by atoms with E-state index in [2.05, 4.69) is 4.74 Å². The van der Waals surface area contributed by atoms with Gasteiger partial charge in [-0.05, 0) is 49.4 Å². The van der Waals surface area contributed by atoms with Gasteiger partial charge in [0.05, 0.1) is 10.4 Å². The minimum Gasteiger partial charge on any atom is -0.388 e. The smallest absolute Gasteiger partial charge is 0.388 e. The summed E-state index contributed by atoms with van der Waals surface area (Å²) in [4.78, 5) is 1.63. The highest BCUT2D eigenvalue weighted by Crippen LogP contribution is 2.43. The minimum absolute atomic E-state index is 0.0425. The maximum atomic E-state index is 13.4. The van der Waals surface area contributed by atoms with Crippen LogP contribution in [0.1, 0.15) is 12.0 Å². The molecule has 0 unspecified atom stereocenters. The van der Waals surface area contributed by atoms with E-state index in [1.165, 1.54) is 12.1 Å². The molecule has 0 amide bonds. The van der Waals surface area contributed by atoms with Crippen molar-refractivity contribution < 1.29 is 30.7 Å². The lowest BCUT2D eigenvalue weighted by Gasteiger charge is -2.23. The van der Waals surface area contributed by atoms with Crippen LogP contribution >= 0.6 is 0 Å². The highest BCUT2D eigenvalue weighted by molar-refractivity contribution is 7.90. The number of alkyl halides is 3. The predicted octanol–water partition coefficient (Wildman–Crippen LogP) is 4.63.